The summed E-state index contributed by atoms with van der Waals surface area (Å²) in [6, 6.07) is 2.98. The number of hydrogen-bond acceptors (Lipinski definition) is 9. The summed E-state index contributed by atoms with van der Waals surface area (Å²) < 4.78 is 9.37. The van der Waals surface area contributed by atoms with Gasteiger partial charge in [0.1, 0.15) is 28.6 Å². The van der Waals surface area contributed by atoms with Gasteiger partial charge in [0.05, 0.1) is 6.42 Å². The van der Waals surface area contributed by atoms with Crippen LogP contribution in [0, 0.1) is 0 Å². The van der Waals surface area contributed by atoms with E-state index >= 15 is 0 Å². The van der Waals surface area contributed by atoms with Gasteiger partial charge in [0.2, 0.25) is 12.7 Å². The highest BCUT2D eigenvalue weighted by Crippen LogP contribution is 2.37. The minimum atomic E-state index is -0.836. The molecule has 3 N–H and O–H groups in total. The van der Waals surface area contributed by atoms with Crippen LogP contribution in [0.15, 0.2) is 30.0 Å². The van der Waals surface area contributed by atoms with E-state index in [1.165, 1.54) is 47.9 Å². The maximum Gasteiger partial charge on any atom is 0.357 e. The molecular formula is C18H18N2O8S. The largest absolute Gasteiger partial charge is 0.508 e. The van der Waals surface area contributed by atoms with Gasteiger partial charge >= 0.3 is 11.9 Å². The molecule has 154 valence electrons. The van der Waals surface area contributed by atoms with Crippen molar-refractivity contribution in [1.82, 2.24) is 10.2 Å². The highest BCUT2D eigenvalue weighted by Gasteiger charge is 2.53. The molecule has 2 aliphatic heterocycles. The van der Waals surface area contributed by atoms with Crippen molar-refractivity contribution in [1.29, 1.82) is 0 Å². The van der Waals surface area contributed by atoms with Gasteiger partial charge in [-0.1, -0.05) is 0 Å². The molecule has 3 rings (SSSR count). The Morgan fingerprint density at radius 2 is 2.03 bits per heavy atom. The topological polar surface area (TPSA) is 142 Å². The van der Waals surface area contributed by atoms with Crippen LogP contribution in [-0.2, 0) is 35.1 Å². The number of hydrogen-bond donors (Lipinski definition) is 3. The van der Waals surface area contributed by atoms with Gasteiger partial charge in [-0.2, -0.15) is 0 Å². The second kappa shape index (κ2) is 8.43. The van der Waals surface area contributed by atoms with Crippen molar-refractivity contribution >= 4 is 35.5 Å². The first-order valence-corrected chi connectivity index (χ1v) is 9.58. The number of nitrogens with zero attached hydrogens (tertiary/aromatic N) is 1. The number of carbonyl (C=O) groups excluding carboxylic acids is 4. The van der Waals surface area contributed by atoms with E-state index in [1.54, 1.807) is 0 Å². The van der Waals surface area contributed by atoms with Crippen LogP contribution in [0.4, 0.5) is 0 Å². The summed E-state index contributed by atoms with van der Waals surface area (Å²) in [4.78, 5) is 48.8. The molecule has 10 nitrogen and oxygen atoms in total. The van der Waals surface area contributed by atoms with Crippen molar-refractivity contribution < 1.29 is 38.9 Å². The summed E-state index contributed by atoms with van der Waals surface area (Å²) in [5.41, 5.74) is 0.249. The Balaban J connectivity index is 1.59. The van der Waals surface area contributed by atoms with Crippen molar-refractivity contribution in [3.8, 4) is 11.5 Å². The quantitative estimate of drug-likeness (QED) is 0.250. The molecule has 2 amide bonds. The van der Waals surface area contributed by atoms with Gasteiger partial charge in [0, 0.05) is 18.2 Å². The number of aromatic hydroxyl groups is 2. The van der Waals surface area contributed by atoms with Gasteiger partial charge in [-0.05, 0) is 24.3 Å². The molecule has 0 spiro atoms. The van der Waals surface area contributed by atoms with Crippen LogP contribution in [0.2, 0.25) is 0 Å². The first-order chi connectivity index (χ1) is 13.8. The Morgan fingerprint density at radius 1 is 1.28 bits per heavy atom. The SMILES string of the molecule is CC(=O)OCOC(=O)C1=CCS[C@H]2C(NC(=O)Cc3cc(O)ccc3O)C(=O)N12. The number of thioether (sulfide) groups is 1. The highest BCUT2D eigenvalue weighted by molar-refractivity contribution is 8.00. The monoisotopic (exact) mass is 422 g/mol. The summed E-state index contributed by atoms with van der Waals surface area (Å²) in [6.07, 6.45) is 1.30. The zero-order valence-electron chi connectivity index (χ0n) is 15.3. The number of ether oxygens (including phenoxy) is 2. The number of β-lactam (4-membered cyclic amide) rings is 1. The first-order valence-electron chi connectivity index (χ1n) is 8.53. The number of rotatable bonds is 6. The molecule has 1 aromatic rings. The van der Waals surface area contributed by atoms with Crippen LogP contribution in [0.25, 0.3) is 0 Å². The molecule has 0 saturated carbocycles. The van der Waals surface area contributed by atoms with E-state index in [-0.39, 0.29) is 29.2 Å². The summed E-state index contributed by atoms with van der Waals surface area (Å²) >= 11 is 1.36. The molecule has 2 aliphatic rings. The van der Waals surface area contributed by atoms with Gasteiger partial charge in [-0.25, -0.2) is 4.79 Å². The Bertz CT molecular complexity index is 900. The molecule has 1 unspecified atom stereocenters. The lowest BCUT2D eigenvalue weighted by Gasteiger charge is -2.48. The molecule has 29 heavy (non-hydrogen) atoms. The maximum atomic E-state index is 12.5. The third-order valence-corrected chi connectivity index (χ3v) is 5.42. The number of carbonyl (C=O) groups is 4. The number of phenols is 2. The van der Waals surface area contributed by atoms with Crippen LogP contribution in [0.3, 0.4) is 0 Å². The molecule has 11 heteroatoms. The first kappa shape index (κ1) is 20.5. The minimum absolute atomic E-state index is 0.0297. The number of nitrogens with one attached hydrogen (secondary N) is 1. The van der Waals surface area contributed by atoms with Crippen LogP contribution in [0.1, 0.15) is 12.5 Å². The van der Waals surface area contributed by atoms with Gasteiger partial charge < -0.3 is 25.0 Å². The fourth-order valence-electron chi connectivity index (χ4n) is 2.88. The number of fused-ring (bicyclic) bond motifs is 1. The number of benzene rings is 1. The van der Waals surface area contributed by atoms with Crippen molar-refractivity contribution in [3.05, 3.63) is 35.5 Å². The van der Waals surface area contributed by atoms with Crippen molar-refractivity contribution in [2.24, 2.45) is 0 Å². The maximum absolute atomic E-state index is 12.5. The molecular weight excluding hydrogens is 404 g/mol. The van der Waals surface area contributed by atoms with Crippen LogP contribution in [0.5, 0.6) is 11.5 Å². The smallest absolute Gasteiger partial charge is 0.357 e. The van der Waals surface area contributed by atoms with Gasteiger partial charge in [0.15, 0.2) is 0 Å². The zero-order valence-corrected chi connectivity index (χ0v) is 16.1. The van der Waals surface area contributed by atoms with Crippen LogP contribution in [-0.4, -0.2) is 62.8 Å². The summed E-state index contributed by atoms with van der Waals surface area (Å²) in [7, 11) is 0. The van der Waals surface area contributed by atoms with E-state index in [1.807, 2.05) is 0 Å². The Labute approximate surface area is 169 Å². The second-order valence-electron chi connectivity index (χ2n) is 6.24. The third kappa shape index (κ3) is 4.45. The summed E-state index contributed by atoms with van der Waals surface area (Å²) in [6.45, 7) is 0.613. The minimum Gasteiger partial charge on any atom is -0.508 e. The lowest BCUT2D eigenvalue weighted by Crippen LogP contribution is -2.70. The molecule has 1 saturated heterocycles. The summed E-state index contributed by atoms with van der Waals surface area (Å²) in [5.74, 6) is -2.23. The molecule has 0 aromatic heterocycles. The lowest BCUT2D eigenvalue weighted by molar-refractivity contribution is -0.166. The molecule has 0 bridgehead atoms. The Morgan fingerprint density at radius 3 is 2.76 bits per heavy atom. The number of esters is 2. The van der Waals surface area contributed by atoms with Gasteiger partial charge in [-0.3, -0.25) is 19.3 Å². The van der Waals surface area contributed by atoms with E-state index in [9.17, 15) is 29.4 Å². The Kier molecular flexibility index (Phi) is 5.97. The fourth-order valence-corrected chi connectivity index (χ4v) is 4.07. The summed E-state index contributed by atoms with van der Waals surface area (Å²) in [5, 5.41) is 21.3. The molecule has 2 atom stereocenters. The standard InChI is InChI=1S/C18H18N2O8S/c1-9(21)27-8-28-18(26)12-4-5-29-17-15(16(25)20(12)17)19-14(24)7-10-6-11(22)2-3-13(10)23/h2-4,6,15,17,22-23H,5,7-8H2,1H3,(H,19,24)/t15?,17-/m0/s1. The van der Waals surface area contributed by atoms with E-state index in [4.69, 9.17) is 4.74 Å². The van der Waals surface area contributed by atoms with E-state index < -0.39 is 42.0 Å². The van der Waals surface area contributed by atoms with Crippen molar-refractivity contribution in [3.63, 3.8) is 0 Å². The third-order valence-electron chi connectivity index (χ3n) is 4.24. The zero-order chi connectivity index (χ0) is 21.1. The van der Waals surface area contributed by atoms with Crippen molar-refractivity contribution in [2.45, 2.75) is 24.8 Å². The van der Waals surface area contributed by atoms with E-state index in [0.29, 0.717) is 5.75 Å². The van der Waals surface area contributed by atoms with Crippen LogP contribution < -0.4 is 5.32 Å². The predicted molar refractivity (Wildman–Crippen MR) is 99.3 cm³/mol. The van der Waals surface area contributed by atoms with Gasteiger partial charge in [-0.15, -0.1) is 11.8 Å². The average molecular weight is 422 g/mol. The molecule has 0 radical (unpaired) electrons. The van der Waals surface area contributed by atoms with E-state index in [2.05, 4.69) is 10.1 Å². The van der Waals surface area contributed by atoms with E-state index in [0.717, 1.165) is 0 Å². The molecule has 0 aliphatic carbocycles. The predicted octanol–water partition coefficient (Wildman–Crippen LogP) is -0.0121. The molecule has 1 fully saturated rings. The lowest BCUT2D eigenvalue weighted by atomic mass is 10.0. The van der Waals surface area contributed by atoms with Gasteiger partial charge in [0.25, 0.3) is 5.91 Å². The fraction of sp³-hybridized carbons (Fsp3) is 0.333. The second-order valence-corrected chi connectivity index (χ2v) is 7.39. The number of phenolic OH excluding ortho intramolecular Hbond substituents is 2. The molecule has 1 aromatic carbocycles. The average Bonchev–Trinajstić information content (AvgIpc) is 2.67. The molecule has 2 heterocycles. The normalized spacial score (nSPS) is 20.1. The Hall–Kier alpha value is -3.21. The highest BCUT2D eigenvalue weighted by atomic mass is 32.2. The number of amides is 2. The van der Waals surface area contributed by atoms with Crippen molar-refractivity contribution in [2.75, 3.05) is 12.5 Å². The van der Waals surface area contributed by atoms with Crippen LogP contribution >= 0.6 is 11.8 Å².